The maximum atomic E-state index is 13.2. The SMILES string of the molecule is Cl.Cl.FC[C@H](c1ccc(F)cc1Cl)N1CCNCC1. The van der Waals surface area contributed by atoms with Crippen molar-refractivity contribution in [2.45, 2.75) is 6.04 Å². The van der Waals surface area contributed by atoms with E-state index < -0.39 is 12.5 Å². The number of rotatable bonds is 3. The maximum Gasteiger partial charge on any atom is 0.124 e. The normalized spacial score (nSPS) is 17.2. The highest BCUT2D eigenvalue weighted by Crippen LogP contribution is 2.28. The van der Waals surface area contributed by atoms with Gasteiger partial charge >= 0.3 is 0 Å². The Morgan fingerprint density at radius 1 is 1.26 bits per heavy atom. The molecule has 0 unspecified atom stereocenters. The van der Waals surface area contributed by atoms with E-state index in [2.05, 4.69) is 5.32 Å². The smallest absolute Gasteiger partial charge is 0.124 e. The van der Waals surface area contributed by atoms with Gasteiger partial charge in [-0.2, -0.15) is 0 Å². The second kappa shape index (κ2) is 8.93. The van der Waals surface area contributed by atoms with Gasteiger partial charge in [-0.15, -0.1) is 24.8 Å². The van der Waals surface area contributed by atoms with Crippen molar-refractivity contribution in [2.75, 3.05) is 32.9 Å². The van der Waals surface area contributed by atoms with Gasteiger partial charge in [-0.25, -0.2) is 8.78 Å². The zero-order valence-corrected chi connectivity index (χ0v) is 12.6. The molecule has 1 aliphatic rings. The molecule has 1 aliphatic heterocycles. The van der Waals surface area contributed by atoms with Gasteiger partial charge in [-0.3, -0.25) is 4.90 Å². The van der Waals surface area contributed by atoms with Gasteiger partial charge in [0.25, 0.3) is 0 Å². The molecule has 110 valence electrons. The van der Waals surface area contributed by atoms with Gasteiger partial charge in [0.2, 0.25) is 0 Å². The zero-order valence-electron chi connectivity index (χ0n) is 10.2. The molecular weight excluding hydrogens is 317 g/mol. The Bertz CT molecular complexity index is 387. The molecule has 0 radical (unpaired) electrons. The van der Waals surface area contributed by atoms with Crippen molar-refractivity contribution >= 4 is 36.4 Å². The van der Waals surface area contributed by atoms with E-state index in [-0.39, 0.29) is 30.9 Å². The molecule has 0 bridgehead atoms. The minimum Gasteiger partial charge on any atom is -0.314 e. The monoisotopic (exact) mass is 332 g/mol. The average Bonchev–Trinajstić information content (AvgIpc) is 2.34. The first kappa shape index (κ1) is 18.9. The van der Waals surface area contributed by atoms with Crippen molar-refractivity contribution in [3.63, 3.8) is 0 Å². The van der Waals surface area contributed by atoms with Crippen LogP contribution in [0.1, 0.15) is 11.6 Å². The largest absolute Gasteiger partial charge is 0.314 e. The lowest BCUT2D eigenvalue weighted by molar-refractivity contribution is 0.147. The number of halogens is 5. The molecule has 19 heavy (non-hydrogen) atoms. The summed E-state index contributed by atoms with van der Waals surface area (Å²) in [6.07, 6.45) is 0. The molecule has 0 amide bonds. The Morgan fingerprint density at radius 3 is 2.42 bits per heavy atom. The summed E-state index contributed by atoms with van der Waals surface area (Å²) in [7, 11) is 0. The highest BCUT2D eigenvalue weighted by atomic mass is 35.5. The lowest BCUT2D eigenvalue weighted by Crippen LogP contribution is -2.45. The van der Waals surface area contributed by atoms with E-state index in [4.69, 9.17) is 11.6 Å². The molecule has 1 fully saturated rings. The third kappa shape index (κ3) is 4.72. The Balaban J connectivity index is 0.00000162. The molecule has 2 rings (SSSR count). The topological polar surface area (TPSA) is 15.3 Å². The zero-order chi connectivity index (χ0) is 12.3. The summed E-state index contributed by atoms with van der Waals surface area (Å²) >= 11 is 5.97. The van der Waals surface area contributed by atoms with Crippen LogP contribution >= 0.6 is 36.4 Å². The average molecular weight is 334 g/mol. The third-order valence-electron chi connectivity index (χ3n) is 3.06. The van der Waals surface area contributed by atoms with E-state index >= 15 is 0 Å². The van der Waals surface area contributed by atoms with Crippen LogP contribution in [-0.4, -0.2) is 37.8 Å². The van der Waals surface area contributed by atoms with E-state index in [0.29, 0.717) is 10.6 Å². The van der Waals surface area contributed by atoms with Crippen LogP contribution in [0.15, 0.2) is 18.2 Å². The molecule has 1 aromatic carbocycles. The highest BCUT2D eigenvalue weighted by Gasteiger charge is 2.23. The van der Waals surface area contributed by atoms with Gasteiger partial charge in [0.15, 0.2) is 0 Å². The van der Waals surface area contributed by atoms with E-state index in [1.165, 1.54) is 12.1 Å². The molecule has 1 saturated heterocycles. The van der Waals surface area contributed by atoms with Crippen molar-refractivity contribution in [3.05, 3.63) is 34.6 Å². The fourth-order valence-corrected chi connectivity index (χ4v) is 2.44. The molecule has 0 aliphatic carbocycles. The molecule has 0 aromatic heterocycles. The molecule has 1 N–H and O–H groups in total. The minimum absolute atomic E-state index is 0. The number of nitrogens with one attached hydrogen (secondary N) is 1. The summed E-state index contributed by atoms with van der Waals surface area (Å²) < 4.78 is 26.1. The number of hydrogen-bond acceptors (Lipinski definition) is 2. The minimum atomic E-state index is -0.509. The Hall–Kier alpha value is -0.130. The third-order valence-corrected chi connectivity index (χ3v) is 3.39. The Morgan fingerprint density at radius 2 is 1.89 bits per heavy atom. The summed E-state index contributed by atoms with van der Waals surface area (Å²) in [6.45, 7) is 2.74. The van der Waals surface area contributed by atoms with E-state index in [0.717, 1.165) is 26.2 Å². The van der Waals surface area contributed by atoms with Crippen LogP contribution in [0, 0.1) is 5.82 Å². The molecule has 7 heteroatoms. The maximum absolute atomic E-state index is 13.2. The highest BCUT2D eigenvalue weighted by molar-refractivity contribution is 6.31. The second-order valence-corrected chi connectivity index (χ2v) is 4.53. The molecule has 1 aromatic rings. The Kier molecular flexibility index (Phi) is 8.86. The standard InChI is InChI=1S/C12H15ClF2N2.2ClH/c13-11-7-9(15)1-2-10(11)12(8-14)17-5-3-16-4-6-17;;/h1-2,7,12,16H,3-6,8H2;2*1H/t12-;;/m1../s1. The van der Waals surface area contributed by atoms with Crippen molar-refractivity contribution in [1.29, 1.82) is 0 Å². The number of benzene rings is 1. The summed E-state index contributed by atoms with van der Waals surface area (Å²) in [6, 6.07) is 3.77. The summed E-state index contributed by atoms with van der Waals surface area (Å²) in [5.41, 5.74) is 0.664. The summed E-state index contributed by atoms with van der Waals surface area (Å²) in [5, 5.41) is 3.51. The second-order valence-electron chi connectivity index (χ2n) is 4.12. The van der Waals surface area contributed by atoms with Crippen LogP contribution in [0.25, 0.3) is 0 Å². The van der Waals surface area contributed by atoms with Gasteiger partial charge in [0.1, 0.15) is 12.5 Å². The number of hydrogen-bond donors (Lipinski definition) is 1. The van der Waals surface area contributed by atoms with Crippen molar-refractivity contribution < 1.29 is 8.78 Å². The molecule has 1 atom stereocenters. The fourth-order valence-electron chi connectivity index (χ4n) is 2.14. The first-order valence-corrected chi connectivity index (χ1v) is 6.06. The lowest BCUT2D eigenvalue weighted by atomic mass is 10.1. The summed E-state index contributed by atoms with van der Waals surface area (Å²) in [5.74, 6) is -0.392. The number of nitrogens with zero attached hydrogens (tertiary/aromatic N) is 1. The predicted molar refractivity (Wildman–Crippen MR) is 79.1 cm³/mol. The molecule has 0 spiro atoms. The van der Waals surface area contributed by atoms with Gasteiger partial charge in [0.05, 0.1) is 6.04 Å². The van der Waals surface area contributed by atoms with Crippen LogP contribution in [0.3, 0.4) is 0 Å². The number of alkyl halides is 1. The molecule has 0 saturated carbocycles. The fraction of sp³-hybridized carbons (Fsp3) is 0.500. The quantitative estimate of drug-likeness (QED) is 0.913. The van der Waals surface area contributed by atoms with Gasteiger partial charge < -0.3 is 5.32 Å². The van der Waals surface area contributed by atoms with Crippen LogP contribution in [0.5, 0.6) is 0 Å². The number of piperazine rings is 1. The van der Waals surface area contributed by atoms with Gasteiger partial charge in [-0.1, -0.05) is 17.7 Å². The van der Waals surface area contributed by atoms with Crippen LogP contribution in [0.2, 0.25) is 5.02 Å². The lowest BCUT2D eigenvalue weighted by Gasteiger charge is -2.34. The molecule has 2 nitrogen and oxygen atoms in total. The van der Waals surface area contributed by atoms with Crippen LogP contribution in [0.4, 0.5) is 8.78 Å². The summed E-state index contributed by atoms with van der Waals surface area (Å²) in [4.78, 5) is 2.04. The van der Waals surface area contributed by atoms with Crippen LogP contribution < -0.4 is 5.32 Å². The van der Waals surface area contributed by atoms with Crippen molar-refractivity contribution in [3.8, 4) is 0 Å². The van der Waals surface area contributed by atoms with Crippen molar-refractivity contribution in [2.24, 2.45) is 0 Å². The van der Waals surface area contributed by atoms with Crippen LogP contribution in [-0.2, 0) is 0 Å². The van der Waals surface area contributed by atoms with E-state index in [1.807, 2.05) is 4.90 Å². The molecular formula is C12H17Cl3F2N2. The predicted octanol–water partition coefficient (Wildman–Crippen LogP) is 3.24. The Labute approximate surface area is 129 Å². The first-order valence-electron chi connectivity index (χ1n) is 5.68. The van der Waals surface area contributed by atoms with Gasteiger partial charge in [0, 0.05) is 31.2 Å². The molecule has 1 heterocycles. The van der Waals surface area contributed by atoms with E-state index in [1.54, 1.807) is 6.07 Å². The van der Waals surface area contributed by atoms with Crippen molar-refractivity contribution in [1.82, 2.24) is 10.2 Å². The first-order chi connectivity index (χ1) is 8.22. The van der Waals surface area contributed by atoms with E-state index in [9.17, 15) is 8.78 Å². The van der Waals surface area contributed by atoms with Gasteiger partial charge in [-0.05, 0) is 17.7 Å².